The molecular weight excluding hydrogens is 295 g/mol. The third-order valence-corrected chi connectivity index (χ3v) is 3.20. The fourth-order valence-corrected chi connectivity index (χ4v) is 2.04. The number of hydrogen-bond donors (Lipinski definition) is 1. The average molecular weight is 308 g/mol. The molecular formula is C14H13FN2O5. The van der Waals surface area contributed by atoms with Crippen molar-refractivity contribution in [1.82, 2.24) is 9.13 Å². The highest BCUT2D eigenvalue weighted by Gasteiger charge is 2.15. The molecule has 0 radical (unpaired) electrons. The Bertz CT molecular complexity index is 853. The van der Waals surface area contributed by atoms with Gasteiger partial charge in [0.1, 0.15) is 5.82 Å². The van der Waals surface area contributed by atoms with Crippen molar-refractivity contribution in [2.75, 3.05) is 7.11 Å². The Morgan fingerprint density at radius 2 is 2.00 bits per heavy atom. The minimum atomic E-state index is -1.24. The first-order valence-corrected chi connectivity index (χ1v) is 6.21. The Kier molecular flexibility index (Phi) is 4.11. The molecule has 0 saturated heterocycles. The van der Waals surface area contributed by atoms with Crippen LogP contribution in [0, 0.1) is 5.82 Å². The lowest BCUT2D eigenvalue weighted by Gasteiger charge is -2.14. The van der Waals surface area contributed by atoms with Crippen LogP contribution < -0.4 is 16.0 Å². The first kappa shape index (κ1) is 15.5. The number of benzene rings is 1. The van der Waals surface area contributed by atoms with Crippen molar-refractivity contribution in [3.05, 3.63) is 62.0 Å². The molecule has 0 atom stereocenters. The summed E-state index contributed by atoms with van der Waals surface area (Å²) in [6.45, 7) is -0.241. The van der Waals surface area contributed by atoms with E-state index in [0.29, 0.717) is 0 Å². The molecule has 22 heavy (non-hydrogen) atoms. The van der Waals surface area contributed by atoms with Gasteiger partial charge in [-0.3, -0.25) is 13.9 Å². The number of aromatic carboxylic acids is 1. The van der Waals surface area contributed by atoms with Gasteiger partial charge in [-0.1, -0.05) is 0 Å². The number of carbonyl (C=O) groups is 1. The van der Waals surface area contributed by atoms with Crippen LogP contribution in [0.1, 0.15) is 15.9 Å². The molecule has 1 aromatic carbocycles. The Morgan fingerprint density at radius 3 is 2.59 bits per heavy atom. The number of aromatic nitrogens is 2. The van der Waals surface area contributed by atoms with Crippen LogP contribution in [-0.4, -0.2) is 27.3 Å². The Morgan fingerprint density at radius 1 is 1.32 bits per heavy atom. The highest BCUT2D eigenvalue weighted by atomic mass is 19.1. The summed E-state index contributed by atoms with van der Waals surface area (Å²) in [7, 11) is 2.55. The number of ether oxygens (including phenoxy) is 1. The lowest BCUT2D eigenvalue weighted by molar-refractivity contribution is 0.0695. The summed E-state index contributed by atoms with van der Waals surface area (Å²) in [6, 6.07) is 4.27. The molecule has 116 valence electrons. The molecule has 0 amide bonds. The van der Waals surface area contributed by atoms with Crippen LogP contribution >= 0.6 is 0 Å². The summed E-state index contributed by atoms with van der Waals surface area (Å²) in [5.41, 5.74) is -1.29. The highest BCUT2D eigenvalue weighted by Crippen LogP contribution is 2.15. The maximum Gasteiger partial charge on any atom is 0.336 e. The van der Waals surface area contributed by atoms with Gasteiger partial charge in [-0.15, -0.1) is 0 Å². The molecule has 2 rings (SSSR count). The van der Waals surface area contributed by atoms with Gasteiger partial charge < -0.3 is 9.84 Å². The Hall–Kier alpha value is -2.90. The molecule has 0 unspecified atom stereocenters. The van der Waals surface area contributed by atoms with E-state index >= 15 is 0 Å². The van der Waals surface area contributed by atoms with Crippen LogP contribution in [0.4, 0.5) is 4.39 Å². The normalized spacial score (nSPS) is 10.5. The van der Waals surface area contributed by atoms with Gasteiger partial charge >= 0.3 is 11.7 Å². The van der Waals surface area contributed by atoms with Crippen molar-refractivity contribution >= 4 is 5.97 Å². The lowest BCUT2D eigenvalue weighted by atomic mass is 10.1. The maximum atomic E-state index is 13.4. The average Bonchev–Trinajstić information content (AvgIpc) is 2.47. The second-order valence-electron chi connectivity index (χ2n) is 4.56. The number of rotatable bonds is 4. The van der Waals surface area contributed by atoms with Crippen molar-refractivity contribution in [1.29, 1.82) is 0 Å². The number of nitrogens with zero attached hydrogens (tertiary/aromatic N) is 2. The van der Waals surface area contributed by atoms with E-state index in [1.54, 1.807) is 0 Å². The highest BCUT2D eigenvalue weighted by molar-refractivity contribution is 5.89. The summed E-state index contributed by atoms with van der Waals surface area (Å²) in [6.07, 6.45) is 0. The van der Waals surface area contributed by atoms with E-state index in [1.165, 1.54) is 14.2 Å². The number of methoxy groups -OCH3 is 1. The SMILES string of the molecule is COc1cc(=O)n(C)c(=O)n1Cc1cc(F)ccc1C(=O)O. The molecule has 8 heteroatoms. The van der Waals surface area contributed by atoms with Gasteiger partial charge in [-0.25, -0.2) is 14.0 Å². The quantitative estimate of drug-likeness (QED) is 0.885. The smallest absolute Gasteiger partial charge is 0.336 e. The van der Waals surface area contributed by atoms with Crippen molar-refractivity contribution in [2.24, 2.45) is 7.05 Å². The zero-order chi connectivity index (χ0) is 16.4. The van der Waals surface area contributed by atoms with Crippen molar-refractivity contribution in [2.45, 2.75) is 6.54 Å². The number of hydrogen-bond acceptors (Lipinski definition) is 4. The van der Waals surface area contributed by atoms with E-state index in [9.17, 15) is 18.8 Å². The lowest BCUT2D eigenvalue weighted by Crippen LogP contribution is -2.38. The molecule has 0 saturated carbocycles. The first-order valence-electron chi connectivity index (χ1n) is 6.21. The van der Waals surface area contributed by atoms with E-state index in [2.05, 4.69) is 0 Å². The van der Waals surface area contributed by atoms with E-state index in [-0.39, 0.29) is 23.6 Å². The number of halogens is 1. The minimum absolute atomic E-state index is 0.0336. The fraction of sp³-hybridized carbons (Fsp3) is 0.214. The van der Waals surface area contributed by atoms with Crippen molar-refractivity contribution in [3.8, 4) is 5.88 Å². The zero-order valence-electron chi connectivity index (χ0n) is 11.9. The van der Waals surface area contributed by atoms with Crippen LogP contribution in [0.15, 0.2) is 33.9 Å². The second kappa shape index (κ2) is 5.84. The van der Waals surface area contributed by atoms with Gasteiger partial charge in [0.25, 0.3) is 5.56 Å². The maximum absolute atomic E-state index is 13.4. The van der Waals surface area contributed by atoms with E-state index in [4.69, 9.17) is 9.84 Å². The molecule has 1 N–H and O–H groups in total. The van der Waals surface area contributed by atoms with Gasteiger partial charge in [0.15, 0.2) is 0 Å². The fourth-order valence-electron chi connectivity index (χ4n) is 2.04. The molecule has 1 heterocycles. The van der Waals surface area contributed by atoms with Gasteiger partial charge in [0, 0.05) is 7.05 Å². The summed E-state index contributed by atoms with van der Waals surface area (Å²) in [4.78, 5) is 34.9. The molecule has 2 aromatic rings. The van der Waals surface area contributed by atoms with Gasteiger partial charge in [-0.2, -0.15) is 0 Å². The van der Waals surface area contributed by atoms with Crippen molar-refractivity contribution in [3.63, 3.8) is 0 Å². The Labute approximate surface area is 123 Å². The van der Waals surface area contributed by atoms with E-state index < -0.39 is 23.0 Å². The molecule has 0 aliphatic carbocycles. The molecule has 1 aromatic heterocycles. The number of carboxylic acid groups (broad SMARTS) is 1. The monoisotopic (exact) mass is 308 g/mol. The van der Waals surface area contributed by atoms with Crippen LogP contribution in [0.25, 0.3) is 0 Å². The van der Waals surface area contributed by atoms with Gasteiger partial charge in [0.2, 0.25) is 5.88 Å². The largest absolute Gasteiger partial charge is 0.482 e. The minimum Gasteiger partial charge on any atom is -0.482 e. The molecule has 0 fully saturated rings. The predicted octanol–water partition coefficient (Wildman–Crippen LogP) is 0.441. The molecule has 0 aliphatic rings. The van der Waals surface area contributed by atoms with Crippen molar-refractivity contribution < 1.29 is 19.0 Å². The standard InChI is InChI=1S/C14H13FN2O5/c1-16-11(18)6-12(22-2)17(14(16)21)7-8-5-9(15)3-4-10(8)13(19)20/h3-6H,7H2,1-2H3,(H,19,20). The molecule has 0 spiro atoms. The third kappa shape index (κ3) is 2.76. The Balaban J connectivity index is 2.64. The number of carboxylic acids is 1. The van der Waals surface area contributed by atoms with Crippen LogP contribution in [0.2, 0.25) is 0 Å². The summed E-state index contributed by atoms with van der Waals surface area (Å²) in [5, 5.41) is 9.13. The van der Waals surface area contributed by atoms with E-state index in [0.717, 1.165) is 33.4 Å². The van der Waals surface area contributed by atoms with Gasteiger partial charge in [-0.05, 0) is 23.8 Å². The summed E-state index contributed by atoms with van der Waals surface area (Å²) in [5.74, 6) is -1.91. The zero-order valence-corrected chi connectivity index (χ0v) is 11.9. The molecule has 0 aliphatic heterocycles. The molecule has 7 nitrogen and oxygen atoms in total. The first-order chi connectivity index (χ1) is 10.3. The summed E-state index contributed by atoms with van der Waals surface area (Å²) >= 11 is 0. The molecule has 0 bridgehead atoms. The van der Waals surface area contributed by atoms with Gasteiger partial charge in [0.05, 0.1) is 25.3 Å². The summed E-state index contributed by atoms with van der Waals surface area (Å²) < 4.78 is 20.3. The predicted molar refractivity (Wildman–Crippen MR) is 75.0 cm³/mol. The van der Waals surface area contributed by atoms with Crippen LogP contribution in [-0.2, 0) is 13.6 Å². The van der Waals surface area contributed by atoms with E-state index in [1.807, 2.05) is 0 Å². The van der Waals surface area contributed by atoms with Crippen LogP contribution in [0.5, 0.6) is 5.88 Å². The topological polar surface area (TPSA) is 90.5 Å². The third-order valence-electron chi connectivity index (χ3n) is 3.20. The van der Waals surface area contributed by atoms with Crippen LogP contribution in [0.3, 0.4) is 0 Å². The second-order valence-corrected chi connectivity index (χ2v) is 4.56.